The second-order valence-electron chi connectivity index (χ2n) is 6.15. The summed E-state index contributed by atoms with van der Waals surface area (Å²) in [7, 11) is 0. The third kappa shape index (κ3) is 2.69. The van der Waals surface area contributed by atoms with Gasteiger partial charge in [0.2, 0.25) is 5.91 Å². The Balaban J connectivity index is 2.01. The van der Waals surface area contributed by atoms with E-state index in [-0.39, 0.29) is 11.4 Å². The van der Waals surface area contributed by atoms with E-state index in [1.54, 1.807) is 0 Å². The molecule has 104 valence electrons. The first-order chi connectivity index (χ1) is 8.49. The van der Waals surface area contributed by atoms with Gasteiger partial charge in [0.15, 0.2) is 0 Å². The van der Waals surface area contributed by atoms with Crippen molar-refractivity contribution in [3.8, 4) is 0 Å². The minimum atomic E-state index is -0.586. The highest BCUT2D eigenvalue weighted by molar-refractivity contribution is 5.86. The lowest BCUT2D eigenvalue weighted by Crippen LogP contribution is -2.57. The van der Waals surface area contributed by atoms with Crippen molar-refractivity contribution in [2.24, 2.45) is 0 Å². The third-order valence-corrected chi connectivity index (χ3v) is 4.46. The molecule has 0 bridgehead atoms. The molecule has 2 aliphatic rings. The van der Waals surface area contributed by atoms with Crippen LogP contribution in [0.5, 0.6) is 0 Å². The lowest BCUT2D eigenvalue weighted by atomic mass is 9.87. The largest absolute Gasteiger partial charge is 0.390 e. The fourth-order valence-electron chi connectivity index (χ4n) is 3.23. The van der Waals surface area contributed by atoms with Gasteiger partial charge in [0.1, 0.15) is 0 Å². The quantitative estimate of drug-likeness (QED) is 0.798. The summed E-state index contributed by atoms with van der Waals surface area (Å²) in [6.45, 7) is 6.34. The Morgan fingerprint density at radius 2 is 2.00 bits per heavy atom. The van der Waals surface area contributed by atoms with Crippen molar-refractivity contribution in [3.05, 3.63) is 0 Å². The molecule has 0 aromatic carbocycles. The van der Waals surface area contributed by atoms with Gasteiger partial charge >= 0.3 is 0 Å². The molecule has 2 rings (SSSR count). The van der Waals surface area contributed by atoms with Gasteiger partial charge in [-0.15, -0.1) is 0 Å². The highest BCUT2D eigenvalue weighted by Crippen LogP contribution is 2.30. The molecule has 1 atom stereocenters. The summed E-state index contributed by atoms with van der Waals surface area (Å²) in [5.74, 6) is 0.261. The predicted octanol–water partition coefficient (Wildman–Crippen LogP) is 1.28. The second kappa shape index (κ2) is 5.17. The van der Waals surface area contributed by atoms with Gasteiger partial charge in [-0.25, -0.2) is 0 Å². The fourth-order valence-corrected chi connectivity index (χ4v) is 3.23. The standard InChI is InChI=1S/C14H26N2O2/c1-3-5-14(6-4-9-15-14)12(17)16-10-7-13(2,18)8-11-16/h15,18H,3-11H2,1-2H3. The van der Waals surface area contributed by atoms with Crippen LogP contribution in [-0.4, -0.2) is 46.7 Å². The molecule has 4 nitrogen and oxygen atoms in total. The summed E-state index contributed by atoms with van der Waals surface area (Å²) in [5, 5.41) is 13.4. The van der Waals surface area contributed by atoms with Crippen LogP contribution in [0.2, 0.25) is 0 Å². The van der Waals surface area contributed by atoms with Crippen molar-refractivity contribution in [2.45, 2.75) is 63.5 Å². The summed E-state index contributed by atoms with van der Waals surface area (Å²) in [4.78, 5) is 14.7. The zero-order valence-electron chi connectivity index (χ0n) is 11.7. The van der Waals surface area contributed by atoms with E-state index >= 15 is 0 Å². The maximum absolute atomic E-state index is 12.7. The lowest BCUT2D eigenvalue weighted by molar-refractivity contribution is -0.142. The zero-order chi connectivity index (χ0) is 13.2. The van der Waals surface area contributed by atoms with Crippen LogP contribution in [-0.2, 0) is 4.79 Å². The molecule has 0 aliphatic carbocycles. The number of carbonyl (C=O) groups is 1. The molecule has 2 aliphatic heterocycles. The Kier molecular flexibility index (Phi) is 3.97. The number of likely N-dealkylation sites (tertiary alicyclic amines) is 1. The number of hydrogen-bond acceptors (Lipinski definition) is 3. The van der Waals surface area contributed by atoms with Crippen molar-refractivity contribution in [1.82, 2.24) is 10.2 Å². The molecule has 2 saturated heterocycles. The van der Waals surface area contributed by atoms with Crippen LogP contribution in [0.15, 0.2) is 0 Å². The molecule has 2 heterocycles. The van der Waals surface area contributed by atoms with E-state index in [4.69, 9.17) is 0 Å². The van der Waals surface area contributed by atoms with Crippen molar-refractivity contribution in [2.75, 3.05) is 19.6 Å². The van der Waals surface area contributed by atoms with Crippen LogP contribution in [0.3, 0.4) is 0 Å². The molecule has 0 aromatic heterocycles. The maximum atomic E-state index is 12.7. The van der Waals surface area contributed by atoms with Gasteiger partial charge in [-0.2, -0.15) is 0 Å². The molecule has 2 fully saturated rings. The summed E-state index contributed by atoms with van der Waals surface area (Å²) >= 11 is 0. The second-order valence-corrected chi connectivity index (χ2v) is 6.15. The molecule has 0 saturated carbocycles. The first kappa shape index (κ1) is 13.8. The minimum absolute atomic E-state index is 0.261. The summed E-state index contributed by atoms with van der Waals surface area (Å²) in [6, 6.07) is 0. The molecule has 0 spiro atoms. The number of aliphatic hydroxyl groups is 1. The van der Waals surface area contributed by atoms with E-state index in [2.05, 4.69) is 12.2 Å². The van der Waals surface area contributed by atoms with Gasteiger partial charge in [-0.3, -0.25) is 4.79 Å². The highest BCUT2D eigenvalue weighted by atomic mass is 16.3. The van der Waals surface area contributed by atoms with Gasteiger partial charge in [-0.1, -0.05) is 13.3 Å². The van der Waals surface area contributed by atoms with Crippen molar-refractivity contribution in [1.29, 1.82) is 0 Å². The van der Waals surface area contributed by atoms with Crippen molar-refractivity contribution in [3.63, 3.8) is 0 Å². The molecule has 0 aromatic rings. The molecule has 1 amide bonds. The van der Waals surface area contributed by atoms with E-state index in [1.165, 1.54) is 0 Å². The van der Waals surface area contributed by atoms with Crippen LogP contribution in [0.25, 0.3) is 0 Å². The molecule has 0 radical (unpaired) electrons. The molecule has 18 heavy (non-hydrogen) atoms. The monoisotopic (exact) mass is 254 g/mol. The fraction of sp³-hybridized carbons (Fsp3) is 0.929. The predicted molar refractivity (Wildman–Crippen MR) is 71.3 cm³/mol. The van der Waals surface area contributed by atoms with Crippen LogP contribution in [0.1, 0.15) is 52.4 Å². The number of hydrogen-bond donors (Lipinski definition) is 2. The maximum Gasteiger partial charge on any atom is 0.242 e. The number of amides is 1. The van der Waals surface area contributed by atoms with E-state index in [0.29, 0.717) is 25.9 Å². The minimum Gasteiger partial charge on any atom is -0.390 e. The van der Waals surface area contributed by atoms with Crippen molar-refractivity contribution >= 4 is 5.91 Å². The third-order valence-electron chi connectivity index (χ3n) is 4.46. The molecule has 1 unspecified atom stereocenters. The Labute approximate surface area is 110 Å². The van der Waals surface area contributed by atoms with E-state index in [1.807, 2.05) is 11.8 Å². The Morgan fingerprint density at radius 3 is 2.50 bits per heavy atom. The summed E-state index contributed by atoms with van der Waals surface area (Å²) < 4.78 is 0. The van der Waals surface area contributed by atoms with Gasteiger partial charge in [-0.05, 0) is 45.6 Å². The van der Waals surface area contributed by atoms with E-state index < -0.39 is 5.60 Å². The topological polar surface area (TPSA) is 52.6 Å². The van der Waals surface area contributed by atoms with Gasteiger partial charge in [0.05, 0.1) is 11.1 Å². The smallest absolute Gasteiger partial charge is 0.242 e. The zero-order valence-corrected chi connectivity index (χ0v) is 11.7. The van der Waals surface area contributed by atoms with E-state index in [9.17, 15) is 9.90 Å². The lowest BCUT2D eigenvalue weighted by Gasteiger charge is -2.40. The Bertz CT molecular complexity index is 299. The molecule has 2 N–H and O–H groups in total. The average molecular weight is 254 g/mol. The van der Waals surface area contributed by atoms with Crippen LogP contribution in [0.4, 0.5) is 0 Å². The first-order valence-corrected chi connectivity index (χ1v) is 7.26. The molecule has 4 heteroatoms. The normalized spacial score (nSPS) is 31.6. The van der Waals surface area contributed by atoms with Crippen molar-refractivity contribution < 1.29 is 9.90 Å². The Morgan fingerprint density at radius 1 is 1.33 bits per heavy atom. The summed E-state index contributed by atoms with van der Waals surface area (Å²) in [6.07, 6.45) is 5.41. The van der Waals surface area contributed by atoms with Crippen LogP contribution >= 0.6 is 0 Å². The molecular formula is C14H26N2O2. The Hall–Kier alpha value is -0.610. The van der Waals surface area contributed by atoms with Gasteiger partial charge < -0.3 is 15.3 Å². The number of carbonyl (C=O) groups excluding carboxylic acids is 1. The first-order valence-electron chi connectivity index (χ1n) is 7.26. The van der Waals surface area contributed by atoms with Crippen LogP contribution < -0.4 is 5.32 Å². The number of nitrogens with one attached hydrogen (secondary N) is 1. The van der Waals surface area contributed by atoms with E-state index in [0.717, 1.165) is 32.2 Å². The number of rotatable bonds is 3. The highest BCUT2D eigenvalue weighted by Gasteiger charge is 2.43. The average Bonchev–Trinajstić information content (AvgIpc) is 2.78. The van der Waals surface area contributed by atoms with Gasteiger partial charge in [0.25, 0.3) is 0 Å². The SMILES string of the molecule is CCCC1(C(=O)N2CCC(C)(O)CC2)CCCN1. The summed E-state index contributed by atoms with van der Waals surface area (Å²) in [5.41, 5.74) is -0.893. The number of piperidine rings is 1. The van der Waals surface area contributed by atoms with Crippen LogP contribution in [0, 0.1) is 0 Å². The number of nitrogens with zero attached hydrogens (tertiary/aromatic N) is 1. The molecular weight excluding hydrogens is 228 g/mol. The van der Waals surface area contributed by atoms with Gasteiger partial charge in [0, 0.05) is 13.1 Å².